The zero-order valence-corrected chi connectivity index (χ0v) is 17.2. The van der Waals surface area contributed by atoms with Gasteiger partial charge in [-0.25, -0.2) is 9.59 Å². The van der Waals surface area contributed by atoms with E-state index in [-0.39, 0.29) is 17.1 Å². The predicted molar refractivity (Wildman–Crippen MR) is 111 cm³/mol. The first-order chi connectivity index (χ1) is 14.5. The van der Waals surface area contributed by atoms with Crippen molar-refractivity contribution in [2.24, 2.45) is 0 Å². The molecule has 158 valence electrons. The number of anilines is 2. The molecule has 0 atom stereocenters. The van der Waals surface area contributed by atoms with Gasteiger partial charge in [-0.15, -0.1) is 0 Å². The Morgan fingerprint density at radius 3 is 2.30 bits per heavy atom. The minimum absolute atomic E-state index is 0.00422. The van der Waals surface area contributed by atoms with Crippen molar-refractivity contribution in [3.8, 4) is 0 Å². The van der Waals surface area contributed by atoms with E-state index in [4.69, 9.17) is 14.2 Å². The second-order valence-electron chi connectivity index (χ2n) is 6.68. The van der Waals surface area contributed by atoms with Crippen molar-refractivity contribution >= 4 is 29.1 Å². The Kier molecular flexibility index (Phi) is 6.68. The van der Waals surface area contributed by atoms with Crippen LogP contribution < -0.4 is 9.80 Å². The van der Waals surface area contributed by atoms with Crippen LogP contribution in [0.4, 0.5) is 11.4 Å². The standard InChI is InChI=1S/C22H24N2O6/c1-15(25)16-7-8-18(23-10-12-30-13-11-23)19(14-16)24-9-5-4-6-17(21(26)28-2)20(24)22(27)29-3/h4-9,14H,10-13H2,1-3H3. The van der Waals surface area contributed by atoms with Crippen LogP contribution in [-0.4, -0.2) is 58.2 Å². The highest BCUT2D eigenvalue weighted by Crippen LogP contribution is 2.36. The third-order valence-electron chi connectivity index (χ3n) is 4.88. The van der Waals surface area contributed by atoms with Gasteiger partial charge in [-0.2, -0.15) is 0 Å². The summed E-state index contributed by atoms with van der Waals surface area (Å²) in [6.45, 7) is 3.92. The zero-order chi connectivity index (χ0) is 21.7. The van der Waals surface area contributed by atoms with Gasteiger partial charge in [-0.05, 0) is 37.3 Å². The molecule has 0 unspecified atom stereocenters. The highest BCUT2D eigenvalue weighted by molar-refractivity contribution is 6.06. The van der Waals surface area contributed by atoms with E-state index in [1.165, 1.54) is 27.2 Å². The van der Waals surface area contributed by atoms with Crippen LogP contribution in [0.2, 0.25) is 0 Å². The van der Waals surface area contributed by atoms with Crippen molar-refractivity contribution in [1.82, 2.24) is 0 Å². The summed E-state index contributed by atoms with van der Waals surface area (Å²) in [7, 11) is 2.49. The molecule has 8 nitrogen and oxygen atoms in total. The number of ether oxygens (including phenoxy) is 3. The van der Waals surface area contributed by atoms with E-state index in [1.807, 2.05) is 6.07 Å². The van der Waals surface area contributed by atoms with E-state index in [1.54, 1.807) is 35.4 Å². The molecule has 1 aromatic carbocycles. The molecule has 0 amide bonds. The molecule has 0 bridgehead atoms. The number of allylic oxidation sites excluding steroid dienone is 2. The van der Waals surface area contributed by atoms with Crippen LogP contribution in [-0.2, 0) is 23.8 Å². The molecule has 2 aliphatic rings. The first-order valence-corrected chi connectivity index (χ1v) is 9.50. The fourth-order valence-electron chi connectivity index (χ4n) is 3.36. The van der Waals surface area contributed by atoms with Crippen molar-refractivity contribution in [1.29, 1.82) is 0 Å². The Morgan fingerprint density at radius 1 is 0.967 bits per heavy atom. The van der Waals surface area contributed by atoms with E-state index in [0.717, 1.165) is 5.69 Å². The first-order valence-electron chi connectivity index (χ1n) is 9.50. The van der Waals surface area contributed by atoms with Crippen molar-refractivity contribution < 1.29 is 28.6 Å². The van der Waals surface area contributed by atoms with Crippen LogP contribution in [0.5, 0.6) is 0 Å². The van der Waals surface area contributed by atoms with Gasteiger partial charge in [0.25, 0.3) is 0 Å². The summed E-state index contributed by atoms with van der Waals surface area (Å²) in [5.41, 5.74) is 1.92. The number of carbonyl (C=O) groups is 3. The number of ketones is 1. The summed E-state index contributed by atoms with van der Waals surface area (Å²) in [6.07, 6.45) is 6.49. The van der Waals surface area contributed by atoms with Crippen molar-refractivity contribution in [2.45, 2.75) is 6.92 Å². The molecule has 0 radical (unpaired) electrons. The van der Waals surface area contributed by atoms with Gasteiger partial charge in [-0.1, -0.05) is 6.08 Å². The van der Waals surface area contributed by atoms with Crippen LogP contribution in [0.3, 0.4) is 0 Å². The van der Waals surface area contributed by atoms with Gasteiger partial charge in [0.2, 0.25) is 0 Å². The molecule has 2 heterocycles. The van der Waals surface area contributed by atoms with Crippen molar-refractivity contribution in [3.63, 3.8) is 0 Å². The van der Waals surface area contributed by atoms with Gasteiger partial charge in [0.05, 0.1) is 44.4 Å². The average molecular weight is 412 g/mol. The fourth-order valence-corrected chi connectivity index (χ4v) is 3.36. The lowest BCUT2D eigenvalue weighted by Gasteiger charge is -2.34. The maximum Gasteiger partial charge on any atom is 0.355 e. The largest absolute Gasteiger partial charge is 0.465 e. The van der Waals surface area contributed by atoms with Crippen LogP contribution in [0.1, 0.15) is 17.3 Å². The van der Waals surface area contributed by atoms with Gasteiger partial charge in [0.15, 0.2) is 5.78 Å². The molecule has 1 saturated heterocycles. The molecule has 1 fully saturated rings. The van der Waals surface area contributed by atoms with E-state index in [2.05, 4.69) is 4.90 Å². The Labute approximate surface area is 175 Å². The lowest BCUT2D eigenvalue weighted by Crippen LogP contribution is -2.37. The van der Waals surface area contributed by atoms with Crippen LogP contribution in [0, 0.1) is 0 Å². The highest BCUT2D eigenvalue weighted by Gasteiger charge is 2.30. The van der Waals surface area contributed by atoms with Crippen LogP contribution in [0.15, 0.2) is 53.9 Å². The lowest BCUT2D eigenvalue weighted by molar-refractivity contribution is -0.139. The molecule has 30 heavy (non-hydrogen) atoms. The van der Waals surface area contributed by atoms with Gasteiger partial charge in [0.1, 0.15) is 5.70 Å². The normalized spacial score (nSPS) is 16.4. The van der Waals surface area contributed by atoms with E-state index in [9.17, 15) is 14.4 Å². The Balaban J connectivity index is 2.23. The maximum atomic E-state index is 12.7. The van der Waals surface area contributed by atoms with Crippen LogP contribution in [0.25, 0.3) is 0 Å². The molecule has 2 aliphatic heterocycles. The molecule has 0 aliphatic carbocycles. The number of morpholine rings is 1. The average Bonchev–Trinajstić information content (AvgIpc) is 3.01. The summed E-state index contributed by atoms with van der Waals surface area (Å²) < 4.78 is 15.3. The number of carbonyl (C=O) groups excluding carboxylic acids is 3. The van der Waals surface area contributed by atoms with Gasteiger partial charge in [-0.3, -0.25) is 4.79 Å². The number of methoxy groups -OCH3 is 2. The molecular formula is C22H24N2O6. The number of nitrogens with zero attached hydrogens (tertiary/aromatic N) is 2. The number of esters is 2. The molecule has 0 spiro atoms. The number of benzene rings is 1. The Bertz CT molecular complexity index is 941. The van der Waals surface area contributed by atoms with E-state index >= 15 is 0 Å². The minimum Gasteiger partial charge on any atom is -0.465 e. The molecule has 0 saturated carbocycles. The minimum atomic E-state index is -0.701. The van der Waals surface area contributed by atoms with Crippen LogP contribution >= 0.6 is 0 Å². The summed E-state index contributed by atoms with van der Waals surface area (Å²) in [4.78, 5) is 40.9. The monoisotopic (exact) mass is 412 g/mol. The molecule has 1 aromatic rings. The Hall–Kier alpha value is -3.39. The highest BCUT2D eigenvalue weighted by atomic mass is 16.5. The topological polar surface area (TPSA) is 85.4 Å². The van der Waals surface area contributed by atoms with E-state index < -0.39 is 11.9 Å². The summed E-state index contributed by atoms with van der Waals surface area (Å²) >= 11 is 0. The quantitative estimate of drug-likeness (QED) is 0.538. The second kappa shape index (κ2) is 9.41. The second-order valence-corrected chi connectivity index (χ2v) is 6.68. The number of rotatable bonds is 5. The maximum absolute atomic E-state index is 12.7. The van der Waals surface area contributed by atoms with E-state index in [0.29, 0.717) is 37.6 Å². The molecule has 3 rings (SSSR count). The third kappa shape index (κ3) is 4.28. The third-order valence-corrected chi connectivity index (χ3v) is 4.88. The number of hydrogen-bond acceptors (Lipinski definition) is 8. The first kappa shape index (κ1) is 21.3. The van der Waals surface area contributed by atoms with Gasteiger partial charge in [0, 0.05) is 24.9 Å². The smallest absolute Gasteiger partial charge is 0.355 e. The Morgan fingerprint density at radius 2 is 1.67 bits per heavy atom. The number of hydrogen-bond donors (Lipinski definition) is 0. The SMILES string of the molecule is COC(=O)C1=C(C(=O)OC)N(c2cc(C(C)=O)ccc2N2CCOCC2)C=CC=C1. The van der Waals surface area contributed by atoms with Crippen molar-refractivity contribution in [2.75, 3.05) is 50.3 Å². The zero-order valence-electron chi connectivity index (χ0n) is 17.2. The lowest BCUT2D eigenvalue weighted by atomic mass is 10.1. The molecule has 8 heteroatoms. The van der Waals surface area contributed by atoms with Gasteiger partial charge >= 0.3 is 11.9 Å². The van der Waals surface area contributed by atoms with Gasteiger partial charge < -0.3 is 24.0 Å². The predicted octanol–water partition coefficient (Wildman–Crippen LogP) is 2.22. The number of Topliss-reactive ketones (excluding diaryl/α,β-unsaturated/α-hetero) is 1. The summed E-state index contributed by atoms with van der Waals surface area (Å²) in [6, 6.07) is 5.30. The molecule has 0 N–H and O–H groups in total. The molecule has 0 aromatic heterocycles. The fraction of sp³-hybridized carbons (Fsp3) is 0.318. The summed E-state index contributed by atoms with van der Waals surface area (Å²) in [5, 5.41) is 0. The van der Waals surface area contributed by atoms with Crippen molar-refractivity contribution in [3.05, 3.63) is 59.5 Å². The summed E-state index contributed by atoms with van der Waals surface area (Å²) in [5.74, 6) is -1.48. The molecular weight excluding hydrogens is 388 g/mol.